The van der Waals surface area contributed by atoms with Crippen LogP contribution in [0.5, 0.6) is 11.5 Å². The first-order chi connectivity index (χ1) is 12.7. The van der Waals surface area contributed by atoms with Crippen molar-refractivity contribution in [3.63, 3.8) is 0 Å². The molecule has 0 heterocycles. The Bertz CT molecular complexity index is 850. The highest BCUT2D eigenvalue weighted by molar-refractivity contribution is 5.34. The monoisotopic (exact) mass is 351 g/mol. The molecular formula is C20H17NO5. The molecule has 0 bridgehead atoms. The standard InChI is InChI=1S/C20H17NO5/c22-21(23)18-8-4-7-17(13-18)15-25-26-20-11-9-19(10-12-20)24-14-16-5-2-1-3-6-16/h1-13H,14-15H2. The largest absolute Gasteiger partial charge is 0.489 e. The molecule has 0 radical (unpaired) electrons. The quantitative estimate of drug-likeness (QED) is 0.335. The molecule has 0 aromatic heterocycles. The normalized spacial score (nSPS) is 10.3. The summed E-state index contributed by atoms with van der Waals surface area (Å²) < 4.78 is 5.70. The van der Waals surface area contributed by atoms with E-state index in [1.165, 1.54) is 12.1 Å². The molecule has 6 nitrogen and oxygen atoms in total. The van der Waals surface area contributed by atoms with Crippen molar-refractivity contribution in [2.75, 3.05) is 0 Å². The molecule has 0 aliphatic rings. The summed E-state index contributed by atoms with van der Waals surface area (Å²) in [6.07, 6.45) is 0. The number of rotatable bonds is 8. The molecule has 0 N–H and O–H groups in total. The van der Waals surface area contributed by atoms with E-state index in [0.29, 0.717) is 17.9 Å². The van der Waals surface area contributed by atoms with E-state index < -0.39 is 4.92 Å². The average molecular weight is 351 g/mol. The number of benzene rings is 3. The van der Waals surface area contributed by atoms with Crippen molar-refractivity contribution in [2.24, 2.45) is 0 Å². The first kappa shape index (κ1) is 17.4. The second kappa shape index (κ2) is 8.64. The first-order valence-corrected chi connectivity index (χ1v) is 8.00. The minimum absolute atomic E-state index is 0.0195. The Morgan fingerprint density at radius 1 is 0.769 bits per heavy atom. The second-order valence-electron chi connectivity index (χ2n) is 5.52. The smallest absolute Gasteiger partial charge is 0.269 e. The van der Waals surface area contributed by atoms with Crippen LogP contribution in [0.25, 0.3) is 0 Å². The number of nitro groups is 1. The Morgan fingerprint density at radius 3 is 2.19 bits per heavy atom. The Hall–Kier alpha value is -3.38. The van der Waals surface area contributed by atoms with Crippen LogP contribution in [0.3, 0.4) is 0 Å². The van der Waals surface area contributed by atoms with Gasteiger partial charge in [-0.2, -0.15) is 4.89 Å². The van der Waals surface area contributed by atoms with Crippen LogP contribution < -0.4 is 9.62 Å². The summed E-state index contributed by atoms with van der Waals surface area (Å²) in [5.74, 6) is 1.24. The number of nitrogens with zero attached hydrogens (tertiary/aromatic N) is 1. The summed E-state index contributed by atoms with van der Waals surface area (Å²) in [6, 6.07) is 23.1. The zero-order valence-corrected chi connectivity index (χ0v) is 13.9. The predicted octanol–water partition coefficient (Wildman–Crippen LogP) is 4.68. The molecule has 132 valence electrons. The zero-order valence-electron chi connectivity index (χ0n) is 13.9. The third kappa shape index (κ3) is 5.06. The van der Waals surface area contributed by atoms with Crippen LogP contribution >= 0.6 is 0 Å². The van der Waals surface area contributed by atoms with Crippen LogP contribution in [0.2, 0.25) is 0 Å². The lowest BCUT2D eigenvalue weighted by Crippen LogP contribution is -1.99. The van der Waals surface area contributed by atoms with E-state index in [0.717, 1.165) is 11.3 Å². The summed E-state index contributed by atoms with van der Waals surface area (Å²) in [4.78, 5) is 20.6. The Kier molecular flexibility index (Phi) is 5.80. The van der Waals surface area contributed by atoms with Crippen molar-refractivity contribution in [3.05, 3.63) is 100 Å². The molecule has 0 aliphatic heterocycles. The van der Waals surface area contributed by atoms with Crippen molar-refractivity contribution < 1.29 is 19.4 Å². The van der Waals surface area contributed by atoms with Gasteiger partial charge in [0.2, 0.25) is 0 Å². The van der Waals surface area contributed by atoms with Crippen molar-refractivity contribution in [1.29, 1.82) is 0 Å². The summed E-state index contributed by atoms with van der Waals surface area (Å²) in [7, 11) is 0. The molecule has 0 amide bonds. The van der Waals surface area contributed by atoms with Crippen molar-refractivity contribution in [3.8, 4) is 11.5 Å². The van der Waals surface area contributed by atoms with Crippen molar-refractivity contribution in [1.82, 2.24) is 0 Å². The third-order valence-corrected chi connectivity index (χ3v) is 3.57. The molecule has 26 heavy (non-hydrogen) atoms. The van der Waals surface area contributed by atoms with Gasteiger partial charge in [-0.05, 0) is 35.4 Å². The van der Waals surface area contributed by atoms with Crippen LogP contribution in [0.1, 0.15) is 11.1 Å². The molecule has 3 aromatic carbocycles. The highest BCUT2D eigenvalue weighted by Crippen LogP contribution is 2.20. The molecule has 6 heteroatoms. The zero-order chi connectivity index (χ0) is 18.2. The van der Waals surface area contributed by atoms with Crippen molar-refractivity contribution >= 4 is 5.69 Å². The number of ether oxygens (including phenoxy) is 1. The molecule has 0 atom stereocenters. The van der Waals surface area contributed by atoms with E-state index in [1.54, 1.807) is 36.4 Å². The van der Waals surface area contributed by atoms with E-state index in [9.17, 15) is 10.1 Å². The van der Waals surface area contributed by atoms with E-state index in [4.69, 9.17) is 14.5 Å². The average Bonchev–Trinajstić information content (AvgIpc) is 2.68. The lowest BCUT2D eigenvalue weighted by atomic mass is 10.2. The van der Waals surface area contributed by atoms with Gasteiger partial charge in [0.1, 0.15) is 19.0 Å². The molecule has 0 fully saturated rings. The Labute approximate surface area is 150 Å². The van der Waals surface area contributed by atoms with Gasteiger partial charge >= 0.3 is 0 Å². The van der Waals surface area contributed by atoms with E-state index in [1.807, 2.05) is 30.3 Å². The number of nitro benzene ring substituents is 1. The van der Waals surface area contributed by atoms with Gasteiger partial charge in [0.05, 0.1) is 4.92 Å². The lowest BCUT2D eigenvalue weighted by Gasteiger charge is -2.08. The topological polar surface area (TPSA) is 70.8 Å². The van der Waals surface area contributed by atoms with Gasteiger partial charge in [-0.15, -0.1) is 0 Å². The van der Waals surface area contributed by atoms with Crippen LogP contribution in [0, 0.1) is 10.1 Å². The fourth-order valence-corrected chi connectivity index (χ4v) is 2.26. The van der Waals surface area contributed by atoms with Gasteiger partial charge in [-0.3, -0.25) is 10.1 Å². The fourth-order valence-electron chi connectivity index (χ4n) is 2.26. The number of hydrogen-bond acceptors (Lipinski definition) is 5. The van der Waals surface area contributed by atoms with Gasteiger partial charge < -0.3 is 9.62 Å². The summed E-state index contributed by atoms with van der Waals surface area (Å²) >= 11 is 0. The number of hydrogen-bond donors (Lipinski definition) is 0. The highest BCUT2D eigenvalue weighted by atomic mass is 17.2. The van der Waals surface area contributed by atoms with Gasteiger partial charge in [0.15, 0.2) is 5.75 Å². The molecule has 0 spiro atoms. The van der Waals surface area contributed by atoms with Crippen LogP contribution in [0.15, 0.2) is 78.9 Å². The fraction of sp³-hybridized carbons (Fsp3) is 0.100. The lowest BCUT2D eigenvalue weighted by molar-refractivity contribution is -0.385. The van der Waals surface area contributed by atoms with E-state index in [2.05, 4.69) is 0 Å². The molecule has 3 aromatic rings. The predicted molar refractivity (Wildman–Crippen MR) is 95.7 cm³/mol. The van der Waals surface area contributed by atoms with Crippen molar-refractivity contribution in [2.45, 2.75) is 13.2 Å². The molecule has 0 saturated heterocycles. The van der Waals surface area contributed by atoms with Crippen LogP contribution in [-0.2, 0) is 18.1 Å². The summed E-state index contributed by atoms with van der Waals surface area (Å²) in [5.41, 5.74) is 1.76. The van der Waals surface area contributed by atoms with E-state index >= 15 is 0 Å². The summed E-state index contributed by atoms with van der Waals surface area (Å²) in [5, 5.41) is 10.7. The Balaban J connectivity index is 1.47. The maximum atomic E-state index is 10.7. The van der Waals surface area contributed by atoms with Gasteiger partial charge in [0, 0.05) is 12.1 Å². The third-order valence-electron chi connectivity index (χ3n) is 3.57. The van der Waals surface area contributed by atoms with Crippen LogP contribution in [0.4, 0.5) is 5.69 Å². The molecule has 0 saturated carbocycles. The van der Waals surface area contributed by atoms with E-state index in [-0.39, 0.29) is 12.3 Å². The number of non-ortho nitro benzene ring substituents is 1. The Morgan fingerprint density at radius 2 is 1.46 bits per heavy atom. The van der Waals surface area contributed by atoms with Gasteiger partial charge in [-0.1, -0.05) is 42.5 Å². The first-order valence-electron chi connectivity index (χ1n) is 8.00. The maximum Gasteiger partial charge on any atom is 0.269 e. The SMILES string of the molecule is O=[N+]([O-])c1cccc(COOc2ccc(OCc3ccccc3)cc2)c1. The maximum absolute atomic E-state index is 10.7. The molecule has 0 aliphatic carbocycles. The molecule has 3 rings (SSSR count). The van der Waals surface area contributed by atoms with Gasteiger partial charge in [-0.25, -0.2) is 0 Å². The van der Waals surface area contributed by atoms with Crippen LogP contribution in [-0.4, -0.2) is 4.92 Å². The minimum atomic E-state index is -0.446. The minimum Gasteiger partial charge on any atom is -0.489 e. The molecular weight excluding hydrogens is 334 g/mol. The van der Waals surface area contributed by atoms with Gasteiger partial charge in [0.25, 0.3) is 5.69 Å². The molecule has 0 unspecified atom stereocenters. The second-order valence-corrected chi connectivity index (χ2v) is 5.52. The summed E-state index contributed by atoms with van der Waals surface area (Å²) in [6.45, 7) is 0.596. The highest BCUT2D eigenvalue weighted by Gasteiger charge is 2.06.